The summed E-state index contributed by atoms with van der Waals surface area (Å²) in [4.78, 5) is 0. The summed E-state index contributed by atoms with van der Waals surface area (Å²) >= 11 is 6.52. The highest BCUT2D eigenvalue weighted by atomic mass is 35.5. The van der Waals surface area contributed by atoms with Gasteiger partial charge in [0.05, 0.1) is 12.3 Å². The number of hydrogen-bond acceptors (Lipinski definition) is 3. The third kappa shape index (κ3) is 5.34. The van der Waals surface area contributed by atoms with Crippen LogP contribution in [-0.4, -0.2) is 5.76 Å². The normalized spacial score (nSPS) is 12.8. The van der Waals surface area contributed by atoms with Gasteiger partial charge in [0.15, 0.2) is 0 Å². The zero-order valence-electron chi connectivity index (χ0n) is 11.5. The molecule has 2 nitrogen and oxygen atoms in total. The number of alkyl halides is 2. The summed E-state index contributed by atoms with van der Waals surface area (Å²) in [6.07, 6.45) is 0. The summed E-state index contributed by atoms with van der Waals surface area (Å²) in [6.45, 7) is 2.56. The first-order valence-electron chi connectivity index (χ1n) is 6.51. The van der Waals surface area contributed by atoms with Crippen molar-refractivity contribution in [3.63, 3.8) is 0 Å². The molecule has 6 heteroatoms. The van der Waals surface area contributed by atoms with Crippen LogP contribution >= 0.6 is 23.4 Å². The molecule has 1 aromatic carbocycles. The van der Waals surface area contributed by atoms with Crippen LogP contribution in [-0.2, 0) is 12.3 Å². The van der Waals surface area contributed by atoms with Gasteiger partial charge in [-0.1, -0.05) is 35.5 Å². The lowest BCUT2D eigenvalue weighted by Crippen LogP contribution is -2.17. The van der Waals surface area contributed by atoms with E-state index < -0.39 is 5.76 Å². The highest BCUT2D eigenvalue weighted by molar-refractivity contribution is 7.98. The SMILES string of the molecule is CC(NCc1ccc(CSC(F)F)o1)c1cccc(Cl)c1. The predicted molar refractivity (Wildman–Crippen MR) is 82.7 cm³/mol. The van der Waals surface area contributed by atoms with Gasteiger partial charge in [0, 0.05) is 11.1 Å². The predicted octanol–water partition coefficient (Wildman–Crippen LogP) is 5.24. The lowest BCUT2D eigenvalue weighted by atomic mass is 10.1. The average Bonchev–Trinajstić information content (AvgIpc) is 2.90. The van der Waals surface area contributed by atoms with Crippen LogP contribution in [0.4, 0.5) is 8.78 Å². The number of furan rings is 1. The van der Waals surface area contributed by atoms with Crippen LogP contribution in [0.1, 0.15) is 30.0 Å². The van der Waals surface area contributed by atoms with Crippen molar-refractivity contribution in [1.29, 1.82) is 0 Å². The third-order valence-electron chi connectivity index (χ3n) is 3.00. The maximum absolute atomic E-state index is 12.1. The molecule has 0 fully saturated rings. The topological polar surface area (TPSA) is 25.2 Å². The monoisotopic (exact) mass is 331 g/mol. The van der Waals surface area contributed by atoms with Crippen molar-refractivity contribution in [2.45, 2.75) is 31.0 Å². The van der Waals surface area contributed by atoms with E-state index in [1.54, 1.807) is 12.1 Å². The van der Waals surface area contributed by atoms with E-state index in [0.717, 1.165) is 11.3 Å². The molecule has 21 heavy (non-hydrogen) atoms. The van der Waals surface area contributed by atoms with Crippen molar-refractivity contribution >= 4 is 23.4 Å². The van der Waals surface area contributed by atoms with E-state index in [0.29, 0.717) is 29.1 Å². The van der Waals surface area contributed by atoms with Crippen LogP contribution in [0.2, 0.25) is 5.02 Å². The van der Waals surface area contributed by atoms with Gasteiger partial charge in [-0.05, 0) is 36.8 Å². The Morgan fingerprint density at radius 2 is 2.00 bits per heavy atom. The number of halogens is 3. The molecular formula is C15H16ClF2NOS. The molecule has 0 aliphatic rings. The van der Waals surface area contributed by atoms with E-state index in [1.807, 2.05) is 31.2 Å². The zero-order chi connectivity index (χ0) is 15.2. The maximum Gasteiger partial charge on any atom is 0.284 e. The fraction of sp³-hybridized carbons (Fsp3) is 0.333. The number of hydrogen-bond donors (Lipinski definition) is 1. The first-order valence-corrected chi connectivity index (χ1v) is 7.93. The lowest BCUT2D eigenvalue weighted by Gasteiger charge is -2.13. The Hall–Kier alpha value is -1.04. The van der Waals surface area contributed by atoms with Crippen molar-refractivity contribution in [2.24, 2.45) is 0 Å². The van der Waals surface area contributed by atoms with Crippen molar-refractivity contribution in [1.82, 2.24) is 5.32 Å². The van der Waals surface area contributed by atoms with Crippen LogP contribution in [0.25, 0.3) is 0 Å². The fourth-order valence-electron chi connectivity index (χ4n) is 1.89. The smallest absolute Gasteiger partial charge is 0.284 e. The summed E-state index contributed by atoms with van der Waals surface area (Å²) in [5.41, 5.74) is 1.09. The quantitative estimate of drug-likeness (QED) is 0.751. The van der Waals surface area contributed by atoms with E-state index in [9.17, 15) is 8.78 Å². The minimum Gasteiger partial charge on any atom is -0.464 e. The van der Waals surface area contributed by atoms with Gasteiger partial charge in [-0.2, -0.15) is 8.78 Å². The molecule has 0 amide bonds. The Morgan fingerprint density at radius 1 is 1.24 bits per heavy atom. The molecule has 2 aromatic rings. The van der Waals surface area contributed by atoms with Crippen LogP contribution in [0.15, 0.2) is 40.8 Å². The summed E-state index contributed by atoms with van der Waals surface area (Å²) in [5, 5.41) is 4.01. The molecule has 1 atom stereocenters. The molecule has 0 saturated heterocycles. The molecule has 0 aliphatic carbocycles. The molecule has 0 radical (unpaired) electrons. The van der Waals surface area contributed by atoms with E-state index >= 15 is 0 Å². The second-order valence-corrected chi connectivity index (χ2v) is 6.01. The number of benzene rings is 1. The Kier molecular flexibility index (Phi) is 6.08. The van der Waals surface area contributed by atoms with Gasteiger partial charge in [-0.15, -0.1) is 0 Å². The Balaban J connectivity index is 1.85. The maximum atomic E-state index is 12.1. The van der Waals surface area contributed by atoms with Crippen LogP contribution in [0.3, 0.4) is 0 Å². The van der Waals surface area contributed by atoms with Gasteiger partial charge in [0.1, 0.15) is 11.5 Å². The molecule has 2 rings (SSSR count). The van der Waals surface area contributed by atoms with E-state index in [1.165, 1.54) is 0 Å². The van der Waals surface area contributed by atoms with Crippen LogP contribution in [0, 0.1) is 0 Å². The molecule has 1 unspecified atom stereocenters. The zero-order valence-corrected chi connectivity index (χ0v) is 13.1. The van der Waals surface area contributed by atoms with Crippen molar-refractivity contribution in [2.75, 3.05) is 0 Å². The van der Waals surface area contributed by atoms with Gasteiger partial charge < -0.3 is 9.73 Å². The van der Waals surface area contributed by atoms with Crippen LogP contribution < -0.4 is 5.32 Å². The molecule has 1 N–H and O–H groups in total. The van der Waals surface area contributed by atoms with Gasteiger partial charge in [0.2, 0.25) is 0 Å². The molecule has 114 valence electrons. The standard InChI is InChI=1S/C15H16ClF2NOS/c1-10(11-3-2-4-12(16)7-11)19-8-13-5-6-14(20-13)9-21-15(17)18/h2-7,10,15,19H,8-9H2,1H3. The Labute approximate surface area is 131 Å². The molecule has 0 saturated carbocycles. The molecule has 0 bridgehead atoms. The van der Waals surface area contributed by atoms with E-state index in [2.05, 4.69) is 5.32 Å². The minimum absolute atomic E-state index is 0.118. The first kappa shape index (κ1) is 16.3. The van der Waals surface area contributed by atoms with Gasteiger partial charge in [0.25, 0.3) is 5.76 Å². The highest BCUT2D eigenvalue weighted by Crippen LogP contribution is 2.22. The lowest BCUT2D eigenvalue weighted by molar-refractivity contribution is 0.251. The first-order chi connectivity index (χ1) is 10.0. The molecule has 0 aliphatic heterocycles. The average molecular weight is 332 g/mol. The largest absolute Gasteiger partial charge is 0.464 e. The van der Waals surface area contributed by atoms with E-state index in [4.69, 9.17) is 16.0 Å². The second kappa shape index (κ2) is 7.82. The van der Waals surface area contributed by atoms with E-state index in [-0.39, 0.29) is 11.8 Å². The van der Waals surface area contributed by atoms with Crippen molar-refractivity contribution < 1.29 is 13.2 Å². The molecule has 1 aromatic heterocycles. The Bertz CT molecular complexity index is 576. The second-order valence-electron chi connectivity index (χ2n) is 4.60. The number of nitrogens with one attached hydrogen (secondary N) is 1. The minimum atomic E-state index is -2.38. The molecule has 0 spiro atoms. The number of rotatable bonds is 7. The number of thioether (sulfide) groups is 1. The molecule has 1 heterocycles. The summed E-state index contributed by atoms with van der Waals surface area (Å²) in [5.74, 6) is -0.901. The Morgan fingerprint density at radius 3 is 2.71 bits per heavy atom. The molecular weight excluding hydrogens is 316 g/mol. The summed E-state index contributed by atoms with van der Waals surface area (Å²) < 4.78 is 29.7. The highest BCUT2D eigenvalue weighted by Gasteiger charge is 2.09. The van der Waals surface area contributed by atoms with Gasteiger partial charge in [-0.3, -0.25) is 0 Å². The summed E-state index contributed by atoms with van der Waals surface area (Å²) in [7, 11) is 0. The summed E-state index contributed by atoms with van der Waals surface area (Å²) in [6, 6.07) is 11.3. The fourth-order valence-corrected chi connectivity index (χ4v) is 2.53. The van der Waals surface area contributed by atoms with Crippen molar-refractivity contribution in [3.05, 3.63) is 58.5 Å². The third-order valence-corrected chi connectivity index (χ3v) is 3.94. The van der Waals surface area contributed by atoms with Gasteiger partial charge >= 0.3 is 0 Å². The van der Waals surface area contributed by atoms with Crippen LogP contribution in [0.5, 0.6) is 0 Å². The van der Waals surface area contributed by atoms with Gasteiger partial charge in [-0.25, -0.2) is 0 Å². The van der Waals surface area contributed by atoms with Crippen molar-refractivity contribution in [3.8, 4) is 0 Å².